The molecule has 3 rings (SSSR count). The third-order valence-electron chi connectivity index (χ3n) is 4.94. The first-order valence-electron chi connectivity index (χ1n) is 9.44. The lowest BCUT2D eigenvalue weighted by Gasteiger charge is -2.13. The van der Waals surface area contributed by atoms with E-state index in [1.54, 1.807) is 42.5 Å². The number of benzene rings is 2. The van der Waals surface area contributed by atoms with E-state index < -0.39 is 11.9 Å². The summed E-state index contributed by atoms with van der Waals surface area (Å²) in [5, 5.41) is 21.8. The van der Waals surface area contributed by atoms with Crippen molar-refractivity contribution in [3.05, 3.63) is 87.2 Å². The Morgan fingerprint density at radius 2 is 1.84 bits per heavy atom. The van der Waals surface area contributed by atoms with Crippen LogP contribution in [0, 0.1) is 32.1 Å². The fourth-order valence-corrected chi connectivity index (χ4v) is 3.58. The van der Waals surface area contributed by atoms with Crippen LogP contribution in [0.4, 0.5) is 5.69 Å². The molecule has 156 valence electrons. The monoisotopic (exact) mass is 433 g/mol. The van der Waals surface area contributed by atoms with Gasteiger partial charge in [-0.1, -0.05) is 23.7 Å². The summed E-state index contributed by atoms with van der Waals surface area (Å²) in [6.45, 7) is 5.63. The van der Waals surface area contributed by atoms with E-state index in [4.69, 9.17) is 11.6 Å². The molecule has 0 saturated heterocycles. The van der Waals surface area contributed by atoms with Crippen molar-refractivity contribution in [1.29, 1.82) is 5.26 Å². The highest BCUT2D eigenvalue weighted by Crippen LogP contribution is 2.26. The first-order chi connectivity index (χ1) is 14.7. The molecule has 0 fully saturated rings. The normalized spacial score (nSPS) is 11.1. The summed E-state index contributed by atoms with van der Waals surface area (Å²) in [6, 6.07) is 15.5. The molecule has 0 unspecified atom stereocenters. The molecule has 0 atom stereocenters. The standard InChI is InChI=1S/C24H20ClN3O3/c1-14-10-17(24(30)31)8-9-22(14)28-15(2)11-18(16(28)3)12-19(13-26)23(29)27-21-7-5-4-6-20(21)25/h4-12H,1-3H3,(H,27,29)(H,30,31)/b19-12-. The quantitative estimate of drug-likeness (QED) is 0.421. The van der Waals surface area contributed by atoms with Gasteiger partial charge in [0.25, 0.3) is 5.91 Å². The van der Waals surface area contributed by atoms with Crippen LogP contribution < -0.4 is 5.32 Å². The maximum atomic E-state index is 12.6. The van der Waals surface area contributed by atoms with Gasteiger partial charge < -0.3 is 15.0 Å². The Kier molecular flexibility index (Phi) is 6.28. The first-order valence-corrected chi connectivity index (χ1v) is 9.81. The molecular formula is C24H20ClN3O3. The number of carbonyl (C=O) groups excluding carboxylic acids is 1. The average Bonchev–Trinajstić information content (AvgIpc) is 3.00. The predicted octanol–water partition coefficient (Wildman–Crippen LogP) is 5.30. The van der Waals surface area contributed by atoms with Crippen molar-refractivity contribution in [3.63, 3.8) is 0 Å². The number of anilines is 1. The van der Waals surface area contributed by atoms with E-state index in [0.717, 1.165) is 22.6 Å². The second-order valence-corrected chi connectivity index (χ2v) is 7.48. The van der Waals surface area contributed by atoms with Gasteiger partial charge in [-0.15, -0.1) is 0 Å². The lowest BCUT2D eigenvalue weighted by atomic mass is 10.1. The number of nitrogens with one attached hydrogen (secondary N) is 1. The maximum Gasteiger partial charge on any atom is 0.335 e. The van der Waals surface area contributed by atoms with Gasteiger partial charge in [0.2, 0.25) is 0 Å². The van der Waals surface area contributed by atoms with Gasteiger partial charge in [0.15, 0.2) is 0 Å². The second-order valence-electron chi connectivity index (χ2n) is 7.07. The number of para-hydroxylation sites is 1. The number of nitrogens with zero attached hydrogens (tertiary/aromatic N) is 2. The van der Waals surface area contributed by atoms with Gasteiger partial charge in [-0.05, 0) is 74.4 Å². The highest BCUT2D eigenvalue weighted by atomic mass is 35.5. The molecule has 6 nitrogen and oxygen atoms in total. The van der Waals surface area contributed by atoms with Crippen molar-refractivity contribution in [2.24, 2.45) is 0 Å². The molecule has 3 aromatic rings. The van der Waals surface area contributed by atoms with Crippen molar-refractivity contribution >= 4 is 35.2 Å². The van der Waals surface area contributed by atoms with Crippen LogP contribution in [0.5, 0.6) is 0 Å². The topological polar surface area (TPSA) is 95.1 Å². The molecular weight excluding hydrogens is 414 g/mol. The zero-order valence-corrected chi connectivity index (χ0v) is 18.0. The van der Waals surface area contributed by atoms with Crippen LogP contribution in [0.2, 0.25) is 5.02 Å². The largest absolute Gasteiger partial charge is 0.478 e. The van der Waals surface area contributed by atoms with Crippen LogP contribution in [0.15, 0.2) is 54.1 Å². The van der Waals surface area contributed by atoms with Crippen LogP contribution >= 0.6 is 11.6 Å². The number of halogens is 1. The number of aryl methyl sites for hydroxylation is 2. The average molecular weight is 434 g/mol. The van der Waals surface area contributed by atoms with Crippen LogP contribution in [-0.2, 0) is 4.79 Å². The lowest BCUT2D eigenvalue weighted by molar-refractivity contribution is -0.112. The molecule has 0 bridgehead atoms. The molecule has 0 aliphatic carbocycles. The zero-order chi connectivity index (χ0) is 22.7. The summed E-state index contributed by atoms with van der Waals surface area (Å²) in [5.41, 5.74) is 4.64. The molecule has 0 aliphatic heterocycles. The van der Waals surface area contributed by atoms with Crippen LogP contribution in [0.1, 0.15) is 32.9 Å². The van der Waals surface area contributed by atoms with Crippen molar-refractivity contribution in [3.8, 4) is 11.8 Å². The number of carbonyl (C=O) groups is 2. The van der Waals surface area contributed by atoms with Crippen molar-refractivity contribution in [2.45, 2.75) is 20.8 Å². The molecule has 1 aromatic heterocycles. The Balaban J connectivity index is 1.98. The van der Waals surface area contributed by atoms with E-state index in [9.17, 15) is 20.0 Å². The fraction of sp³-hybridized carbons (Fsp3) is 0.125. The number of carboxylic acid groups (broad SMARTS) is 1. The maximum absolute atomic E-state index is 12.6. The molecule has 0 radical (unpaired) electrons. The number of hydrogen-bond acceptors (Lipinski definition) is 3. The van der Waals surface area contributed by atoms with Gasteiger partial charge in [0.05, 0.1) is 16.3 Å². The Morgan fingerprint density at radius 1 is 1.13 bits per heavy atom. The minimum absolute atomic E-state index is 0.0573. The lowest BCUT2D eigenvalue weighted by Crippen LogP contribution is -2.13. The van der Waals surface area contributed by atoms with Gasteiger partial charge in [0.1, 0.15) is 11.6 Å². The molecule has 0 aliphatic rings. The SMILES string of the molecule is Cc1cc(C(=O)O)ccc1-n1c(C)cc(/C=C(/C#N)C(=O)Nc2ccccc2Cl)c1C. The molecule has 2 N–H and O–H groups in total. The molecule has 0 spiro atoms. The van der Waals surface area contributed by atoms with Gasteiger partial charge in [0, 0.05) is 17.1 Å². The van der Waals surface area contributed by atoms with Gasteiger partial charge in [-0.2, -0.15) is 5.26 Å². The zero-order valence-electron chi connectivity index (χ0n) is 17.2. The van der Waals surface area contributed by atoms with E-state index in [-0.39, 0.29) is 11.1 Å². The van der Waals surface area contributed by atoms with Crippen molar-refractivity contribution in [1.82, 2.24) is 4.57 Å². The summed E-state index contributed by atoms with van der Waals surface area (Å²) in [6.07, 6.45) is 1.53. The molecule has 0 saturated carbocycles. The highest BCUT2D eigenvalue weighted by Gasteiger charge is 2.16. The van der Waals surface area contributed by atoms with Gasteiger partial charge >= 0.3 is 5.97 Å². The smallest absolute Gasteiger partial charge is 0.335 e. The van der Waals surface area contributed by atoms with Gasteiger partial charge in [-0.3, -0.25) is 4.79 Å². The Hall–Kier alpha value is -3.82. The summed E-state index contributed by atoms with van der Waals surface area (Å²) >= 11 is 6.08. The second kappa shape index (κ2) is 8.90. The van der Waals surface area contributed by atoms with E-state index >= 15 is 0 Å². The van der Waals surface area contributed by atoms with Crippen molar-refractivity contribution < 1.29 is 14.7 Å². The van der Waals surface area contributed by atoms with E-state index in [2.05, 4.69) is 5.32 Å². The Bertz CT molecular complexity index is 1270. The van der Waals surface area contributed by atoms with Crippen LogP contribution in [0.3, 0.4) is 0 Å². The number of nitriles is 1. The van der Waals surface area contributed by atoms with E-state index in [1.807, 2.05) is 37.5 Å². The third-order valence-corrected chi connectivity index (χ3v) is 5.27. The Labute approximate surface area is 185 Å². The number of rotatable bonds is 5. The molecule has 31 heavy (non-hydrogen) atoms. The molecule has 1 heterocycles. The number of carboxylic acids is 1. The summed E-state index contributed by atoms with van der Waals surface area (Å²) < 4.78 is 1.97. The highest BCUT2D eigenvalue weighted by molar-refractivity contribution is 6.34. The predicted molar refractivity (Wildman–Crippen MR) is 121 cm³/mol. The Morgan fingerprint density at radius 3 is 2.45 bits per heavy atom. The van der Waals surface area contributed by atoms with Crippen molar-refractivity contribution in [2.75, 3.05) is 5.32 Å². The molecule has 1 amide bonds. The van der Waals surface area contributed by atoms with Gasteiger partial charge in [-0.25, -0.2) is 4.79 Å². The summed E-state index contributed by atoms with van der Waals surface area (Å²) in [4.78, 5) is 23.8. The minimum atomic E-state index is -0.984. The number of aromatic nitrogens is 1. The van der Waals surface area contributed by atoms with E-state index in [1.165, 1.54) is 6.08 Å². The fourth-order valence-electron chi connectivity index (χ4n) is 3.40. The number of hydrogen-bond donors (Lipinski definition) is 2. The van der Waals surface area contributed by atoms with E-state index in [0.29, 0.717) is 16.3 Å². The number of aromatic carboxylic acids is 1. The van der Waals surface area contributed by atoms with Crippen LogP contribution in [0.25, 0.3) is 11.8 Å². The molecule has 2 aromatic carbocycles. The third kappa shape index (κ3) is 4.52. The first kappa shape index (κ1) is 21.9. The van der Waals surface area contributed by atoms with Crippen LogP contribution in [-0.4, -0.2) is 21.6 Å². The number of amides is 1. The summed E-state index contributed by atoms with van der Waals surface area (Å²) in [5.74, 6) is -1.54. The minimum Gasteiger partial charge on any atom is -0.478 e. The molecule has 7 heteroatoms. The summed E-state index contributed by atoms with van der Waals surface area (Å²) in [7, 11) is 0.